The van der Waals surface area contributed by atoms with E-state index < -0.39 is 0 Å². The van der Waals surface area contributed by atoms with Crippen molar-refractivity contribution in [3.63, 3.8) is 0 Å². The highest BCUT2D eigenvalue weighted by atomic mass is 79.9. The summed E-state index contributed by atoms with van der Waals surface area (Å²) in [7, 11) is 0. The number of amides is 1. The van der Waals surface area contributed by atoms with E-state index in [1.165, 1.54) is 70.6 Å². The van der Waals surface area contributed by atoms with Crippen LogP contribution in [-0.4, -0.2) is 10.7 Å². The fraction of sp³-hybridized carbons (Fsp3) is 0.833. The number of rotatable bonds is 15. The first-order valence-corrected chi connectivity index (χ1v) is 9.68. The highest BCUT2D eigenvalue weighted by Crippen LogP contribution is 2.13. The number of nitrogens with two attached hydrogens (primary N) is 1. The number of hydrogen-bond donors (Lipinski definition) is 1. The van der Waals surface area contributed by atoms with Crippen LogP contribution in [0, 0.1) is 0 Å². The molecule has 0 aliphatic heterocycles. The molecule has 0 saturated carbocycles. The molecule has 0 aromatic rings. The average Bonchev–Trinajstić information content (AvgIpc) is 2.47. The van der Waals surface area contributed by atoms with E-state index in [9.17, 15) is 4.79 Å². The summed E-state index contributed by atoms with van der Waals surface area (Å²) in [5.74, 6) is -0.243. The first-order valence-electron chi connectivity index (χ1n) is 8.76. The van der Waals surface area contributed by atoms with Crippen molar-refractivity contribution in [3.8, 4) is 0 Å². The van der Waals surface area contributed by atoms with Gasteiger partial charge in [-0.3, -0.25) is 4.79 Å². The second kappa shape index (κ2) is 16.1. The van der Waals surface area contributed by atoms with E-state index >= 15 is 0 Å². The van der Waals surface area contributed by atoms with Gasteiger partial charge in [-0.25, -0.2) is 0 Å². The minimum atomic E-state index is -0.243. The summed E-state index contributed by atoms with van der Waals surface area (Å²) in [6.07, 6.45) is 21.1. The average molecular weight is 360 g/mol. The number of allylic oxidation sites excluding steroid dienone is 2. The van der Waals surface area contributed by atoms with Gasteiger partial charge in [0.05, 0.1) is 4.83 Å². The number of alkyl halides is 1. The van der Waals surface area contributed by atoms with Gasteiger partial charge >= 0.3 is 0 Å². The molecule has 0 fully saturated rings. The highest BCUT2D eigenvalue weighted by molar-refractivity contribution is 9.10. The Balaban J connectivity index is 3.17. The third-order valence-corrected chi connectivity index (χ3v) is 4.69. The lowest BCUT2D eigenvalue weighted by molar-refractivity contribution is -0.117. The molecule has 0 aromatic carbocycles. The second-order valence-corrected chi connectivity index (χ2v) is 6.99. The molecule has 124 valence electrons. The van der Waals surface area contributed by atoms with Crippen molar-refractivity contribution in [1.29, 1.82) is 0 Å². The van der Waals surface area contributed by atoms with Crippen molar-refractivity contribution in [2.75, 3.05) is 0 Å². The molecule has 0 heterocycles. The third-order valence-electron chi connectivity index (χ3n) is 3.78. The van der Waals surface area contributed by atoms with Crippen LogP contribution in [0.1, 0.15) is 90.4 Å². The van der Waals surface area contributed by atoms with Crippen LogP contribution in [0.25, 0.3) is 0 Å². The van der Waals surface area contributed by atoms with E-state index in [-0.39, 0.29) is 10.7 Å². The number of unbranched alkanes of at least 4 members (excludes halogenated alkanes) is 10. The van der Waals surface area contributed by atoms with Crippen molar-refractivity contribution in [2.45, 2.75) is 95.2 Å². The van der Waals surface area contributed by atoms with Crippen molar-refractivity contribution in [2.24, 2.45) is 5.73 Å². The zero-order chi connectivity index (χ0) is 15.8. The molecule has 2 N–H and O–H groups in total. The third kappa shape index (κ3) is 15.9. The largest absolute Gasteiger partial charge is 0.369 e. The first-order chi connectivity index (χ1) is 10.2. The minimum absolute atomic E-state index is 0.144. The van der Waals surface area contributed by atoms with Gasteiger partial charge in [0.25, 0.3) is 0 Å². The Kier molecular flexibility index (Phi) is 15.8. The Labute approximate surface area is 140 Å². The summed E-state index contributed by atoms with van der Waals surface area (Å²) in [5, 5.41) is 0. The fourth-order valence-electron chi connectivity index (χ4n) is 2.36. The Bertz CT molecular complexity index is 266. The van der Waals surface area contributed by atoms with Crippen molar-refractivity contribution in [1.82, 2.24) is 0 Å². The molecule has 0 aliphatic carbocycles. The topological polar surface area (TPSA) is 43.1 Å². The van der Waals surface area contributed by atoms with E-state index in [2.05, 4.69) is 35.0 Å². The first kappa shape index (κ1) is 20.7. The number of hydrogen-bond acceptors (Lipinski definition) is 1. The van der Waals surface area contributed by atoms with Gasteiger partial charge in [0.15, 0.2) is 0 Å². The molecule has 0 saturated heterocycles. The van der Waals surface area contributed by atoms with Crippen LogP contribution in [0.2, 0.25) is 0 Å². The lowest BCUT2D eigenvalue weighted by atomic mass is 10.1. The van der Waals surface area contributed by atoms with Crippen LogP contribution in [-0.2, 0) is 4.79 Å². The number of primary amides is 1. The smallest absolute Gasteiger partial charge is 0.231 e. The van der Waals surface area contributed by atoms with Gasteiger partial charge in [0.1, 0.15) is 0 Å². The van der Waals surface area contributed by atoms with Crippen LogP contribution in [0.15, 0.2) is 12.2 Å². The highest BCUT2D eigenvalue weighted by Gasteiger charge is 2.08. The van der Waals surface area contributed by atoms with Crippen LogP contribution in [0.5, 0.6) is 0 Å². The van der Waals surface area contributed by atoms with Crippen molar-refractivity contribution < 1.29 is 4.79 Å². The summed E-state index contributed by atoms with van der Waals surface area (Å²) < 4.78 is 0. The Morgan fingerprint density at radius 3 is 1.90 bits per heavy atom. The van der Waals surface area contributed by atoms with E-state index in [1.54, 1.807) is 0 Å². The Hall–Kier alpha value is -0.310. The molecule has 21 heavy (non-hydrogen) atoms. The summed E-state index contributed by atoms with van der Waals surface area (Å²) in [5.41, 5.74) is 5.20. The second-order valence-electron chi connectivity index (χ2n) is 5.89. The summed E-state index contributed by atoms with van der Waals surface area (Å²) in [6, 6.07) is 0. The van der Waals surface area contributed by atoms with Crippen LogP contribution < -0.4 is 5.73 Å². The van der Waals surface area contributed by atoms with E-state index in [1.807, 2.05) is 0 Å². The number of carbonyl (C=O) groups excluding carboxylic acids is 1. The van der Waals surface area contributed by atoms with Gasteiger partial charge < -0.3 is 5.73 Å². The summed E-state index contributed by atoms with van der Waals surface area (Å²) in [6.45, 7) is 2.26. The molecule has 1 amide bonds. The number of halogens is 1. The molecule has 1 unspecified atom stereocenters. The maximum absolute atomic E-state index is 10.8. The fourth-order valence-corrected chi connectivity index (χ4v) is 2.68. The van der Waals surface area contributed by atoms with E-state index in [0.29, 0.717) is 0 Å². The van der Waals surface area contributed by atoms with E-state index in [0.717, 1.165) is 12.8 Å². The SMILES string of the molecule is CCCCCCCC/C=C\CCCCCCC(Br)C(N)=O. The van der Waals surface area contributed by atoms with E-state index in [4.69, 9.17) is 5.73 Å². The van der Waals surface area contributed by atoms with Crippen molar-refractivity contribution >= 4 is 21.8 Å². The predicted molar refractivity (Wildman–Crippen MR) is 96.7 cm³/mol. The minimum Gasteiger partial charge on any atom is -0.369 e. The Morgan fingerprint density at radius 2 is 1.38 bits per heavy atom. The van der Waals surface area contributed by atoms with Gasteiger partial charge in [-0.15, -0.1) is 0 Å². The molecular formula is C18H34BrNO. The van der Waals surface area contributed by atoms with Gasteiger partial charge in [-0.05, 0) is 32.1 Å². The molecular weight excluding hydrogens is 326 g/mol. The quantitative estimate of drug-likeness (QED) is 0.221. The lowest BCUT2D eigenvalue weighted by Crippen LogP contribution is -2.22. The maximum atomic E-state index is 10.8. The monoisotopic (exact) mass is 359 g/mol. The van der Waals surface area contributed by atoms with Crippen molar-refractivity contribution in [3.05, 3.63) is 12.2 Å². The van der Waals surface area contributed by atoms with Gasteiger partial charge in [0, 0.05) is 0 Å². The molecule has 0 aliphatic rings. The summed E-state index contributed by atoms with van der Waals surface area (Å²) >= 11 is 3.29. The normalized spacial score (nSPS) is 12.9. The van der Waals surface area contributed by atoms with Gasteiger partial charge in [0.2, 0.25) is 5.91 Å². The molecule has 1 atom stereocenters. The molecule has 0 radical (unpaired) electrons. The maximum Gasteiger partial charge on any atom is 0.231 e. The molecule has 0 rings (SSSR count). The van der Waals surface area contributed by atoms with Gasteiger partial charge in [-0.2, -0.15) is 0 Å². The molecule has 0 spiro atoms. The lowest BCUT2D eigenvalue weighted by Gasteiger charge is -2.04. The van der Waals surface area contributed by atoms with Gasteiger partial charge in [-0.1, -0.05) is 86.4 Å². The van der Waals surface area contributed by atoms with Crippen LogP contribution >= 0.6 is 15.9 Å². The predicted octanol–water partition coefficient (Wildman–Crippen LogP) is 5.88. The van der Waals surface area contributed by atoms with Crippen LogP contribution in [0.3, 0.4) is 0 Å². The summed E-state index contributed by atoms with van der Waals surface area (Å²) in [4.78, 5) is 10.7. The molecule has 3 heteroatoms. The molecule has 0 bridgehead atoms. The van der Waals surface area contributed by atoms with Crippen LogP contribution in [0.4, 0.5) is 0 Å². The standard InChI is InChI=1S/C18H34BrNO/c1-2-3-4-5-6-7-8-9-10-11-12-13-14-15-16-17(19)18(20)21/h9-10,17H,2-8,11-16H2,1H3,(H2,20,21)/b10-9-. The molecule has 2 nitrogen and oxygen atoms in total. The molecule has 0 aromatic heterocycles. The Morgan fingerprint density at radius 1 is 0.905 bits per heavy atom. The zero-order valence-corrected chi connectivity index (χ0v) is 15.4. The number of carbonyl (C=O) groups is 1. The zero-order valence-electron chi connectivity index (χ0n) is 13.8.